The van der Waals surface area contributed by atoms with Crippen molar-refractivity contribution in [3.8, 4) is 0 Å². The molecule has 0 saturated carbocycles. The molecule has 0 unspecified atom stereocenters. The first-order valence-electron chi connectivity index (χ1n) is 6.90. The molecule has 0 heterocycles. The lowest BCUT2D eigenvalue weighted by molar-refractivity contribution is -0.118. The van der Waals surface area contributed by atoms with Crippen molar-refractivity contribution in [2.45, 2.75) is 13.3 Å². The Morgan fingerprint density at radius 2 is 1.86 bits per heavy atom. The number of benzene rings is 2. The number of para-hydroxylation sites is 1. The van der Waals surface area contributed by atoms with Gasteiger partial charge in [-0.15, -0.1) is 0 Å². The Labute approximate surface area is 130 Å². The van der Waals surface area contributed by atoms with Crippen molar-refractivity contribution in [2.75, 3.05) is 23.8 Å². The molecular weight excluding hydrogens is 284 g/mol. The van der Waals surface area contributed by atoms with Crippen LogP contribution in [0.15, 0.2) is 48.5 Å². The predicted octanol–water partition coefficient (Wildman–Crippen LogP) is 4.11. The number of nitrogens with zero attached hydrogens (tertiary/aromatic N) is 1. The Morgan fingerprint density at radius 3 is 2.57 bits per heavy atom. The maximum absolute atomic E-state index is 12.1. The van der Waals surface area contributed by atoms with Gasteiger partial charge in [0.1, 0.15) is 0 Å². The third-order valence-electron chi connectivity index (χ3n) is 3.44. The van der Waals surface area contributed by atoms with Gasteiger partial charge in [-0.25, -0.2) is 0 Å². The molecule has 0 fully saturated rings. The van der Waals surface area contributed by atoms with Crippen LogP contribution in [0.25, 0.3) is 0 Å². The summed E-state index contributed by atoms with van der Waals surface area (Å²) in [4.78, 5) is 13.8. The molecule has 1 amide bonds. The molecule has 0 aliphatic carbocycles. The second-order valence-corrected chi connectivity index (χ2v) is 5.28. The van der Waals surface area contributed by atoms with Crippen molar-refractivity contribution >= 4 is 28.9 Å². The summed E-state index contributed by atoms with van der Waals surface area (Å²) in [5.41, 5.74) is 2.88. The second-order valence-electron chi connectivity index (χ2n) is 4.88. The van der Waals surface area contributed by atoms with E-state index in [-0.39, 0.29) is 5.91 Å². The van der Waals surface area contributed by atoms with Crippen molar-refractivity contribution in [2.24, 2.45) is 0 Å². The standard InChI is InChI=1S/C17H19ClN2O/c1-13-15(18)9-6-10-16(13)19-12-11-17(21)20(2)14-7-4-3-5-8-14/h3-10,19H,11-12H2,1-2H3. The molecule has 3 nitrogen and oxygen atoms in total. The van der Waals surface area contributed by atoms with Crippen LogP contribution in [-0.2, 0) is 4.79 Å². The Bertz CT molecular complexity index is 613. The van der Waals surface area contributed by atoms with Gasteiger partial charge < -0.3 is 10.2 Å². The molecule has 4 heteroatoms. The highest BCUT2D eigenvalue weighted by Gasteiger charge is 2.10. The van der Waals surface area contributed by atoms with Gasteiger partial charge in [0.15, 0.2) is 0 Å². The summed E-state index contributed by atoms with van der Waals surface area (Å²) < 4.78 is 0. The highest BCUT2D eigenvalue weighted by Crippen LogP contribution is 2.22. The Balaban J connectivity index is 1.89. The minimum absolute atomic E-state index is 0.0772. The van der Waals surface area contributed by atoms with Crippen LogP contribution in [0.2, 0.25) is 5.02 Å². The molecule has 2 aromatic carbocycles. The Morgan fingerprint density at radius 1 is 1.14 bits per heavy atom. The molecule has 0 saturated heterocycles. The summed E-state index contributed by atoms with van der Waals surface area (Å²) >= 11 is 6.07. The summed E-state index contributed by atoms with van der Waals surface area (Å²) in [6, 6.07) is 15.3. The van der Waals surface area contributed by atoms with Crippen molar-refractivity contribution in [3.63, 3.8) is 0 Å². The van der Waals surface area contributed by atoms with E-state index in [1.165, 1.54) is 0 Å². The fraction of sp³-hybridized carbons (Fsp3) is 0.235. The van der Waals surface area contributed by atoms with Crippen LogP contribution in [0.3, 0.4) is 0 Å². The van der Waals surface area contributed by atoms with Gasteiger partial charge in [-0.1, -0.05) is 35.9 Å². The summed E-state index contributed by atoms with van der Waals surface area (Å²) in [6.45, 7) is 2.54. The minimum Gasteiger partial charge on any atom is -0.384 e. The molecule has 2 rings (SSSR count). The van der Waals surface area contributed by atoms with Crippen LogP contribution in [0.1, 0.15) is 12.0 Å². The summed E-state index contributed by atoms with van der Waals surface area (Å²) in [7, 11) is 1.79. The maximum Gasteiger partial charge on any atom is 0.228 e. The summed E-state index contributed by atoms with van der Waals surface area (Å²) in [5, 5.41) is 3.99. The van der Waals surface area contributed by atoms with Gasteiger partial charge in [0.25, 0.3) is 0 Å². The Hall–Kier alpha value is -2.00. The number of halogens is 1. The number of hydrogen-bond donors (Lipinski definition) is 1. The third kappa shape index (κ3) is 3.99. The van der Waals surface area contributed by atoms with Gasteiger partial charge in [0.05, 0.1) is 0 Å². The molecule has 0 radical (unpaired) electrons. The van der Waals surface area contributed by atoms with Crippen LogP contribution >= 0.6 is 11.6 Å². The highest BCUT2D eigenvalue weighted by molar-refractivity contribution is 6.31. The number of anilines is 2. The number of rotatable bonds is 5. The zero-order valence-corrected chi connectivity index (χ0v) is 13.0. The van der Waals surface area contributed by atoms with E-state index in [1.54, 1.807) is 11.9 Å². The van der Waals surface area contributed by atoms with Gasteiger partial charge in [-0.3, -0.25) is 4.79 Å². The zero-order chi connectivity index (χ0) is 15.2. The van der Waals surface area contributed by atoms with Gasteiger partial charge in [0.2, 0.25) is 5.91 Å². The van der Waals surface area contributed by atoms with E-state index in [1.807, 2.05) is 55.5 Å². The normalized spacial score (nSPS) is 10.2. The predicted molar refractivity (Wildman–Crippen MR) is 89.1 cm³/mol. The molecule has 1 N–H and O–H groups in total. The average molecular weight is 303 g/mol. The number of nitrogens with one attached hydrogen (secondary N) is 1. The minimum atomic E-state index is 0.0772. The van der Waals surface area contributed by atoms with Gasteiger partial charge in [-0.2, -0.15) is 0 Å². The van der Waals surface area contributed by atoms with Crippen LogP contribution < -0.4 is 10.2 Å². The number of amides is 1. The van der Waals surface area contributed by atoms with E-state index in [0.717, 1.165) is 22.0 Å². The lowest BCUT2D eigenvalue weighted by Gasteiger charge is -2.18. The number of carbonyl (C=O) groups is 1. The van der Waals surface area contributed by atoms with Crippen LogP contribution in [0, 0.1) is 6.92 Å². The molecular formula is C17H19ClN2O. The lowest BCUT2D eigenvalue weighted by Crippen LogP contribution is -2.27. The quantitative estimate of drug-likeness (QED) is 0.901. The zero-order valence-electron chi connectivity index (χ0n) is 12.3. The topological polar surface area (TPSA) is 32.3 Å². The first-order chi connectivity index (χ1) is 10.1. The first-order valence-corrected chi connectivity index (χ1v) is 7.28. The molecule has 0 bridgehead atoms. The highest BCUT2D eigenvalue weighted by atomic mass is 35.5. The first kappa shape index (κ1) is 15.4. The van der Waals surface area contributed by atoms with Gasteiger partial charge >= 0.3 is 0 Å². The monoisotopic (exact) mass is 302 g/mol. The van der Waals surface area contributed by atoms with Gasteiger partial charge in [-0.05, 0) is 36.8 Å². The number of hydrogen-bond acceptors (Lipinski definition) is 2. The van der Waals surface area contributed by atoms with Crippen LogP contribution in [0.5, 0.6) is 0 Å². The smallest absolute Gasteiger partial charge is 0.228 e. The van der Waals surface area contributed by atoms with Crippen molar-refractivity contribution in [1.29, 1.82) is 0 Å². The average Bonchev–Trinajstić information content (AvgIpc) is 2.51. The van der Waals surface area contributed by atoms with E-state index in [2.05, 4.69) is 5.32 Å². The fourth-order valence-electron chi connectivity index (χ4n) is 2.07. The Kier molecular flexibility index (Phi) is 5.23. The van der Waals surface area contributed by atoms with Gasteiger partial charge in [0, 0.05) is 36.4 Å². The van der Waals surface area contributed by atoms with E-state index in [4.69, 9.17) is 11.6 Å². The van der Waals surface area contributed by atoms with Crippen molar-refractivity contribution in [3.05, 3.63) is 59.1 Å². The molecule has 0 spiro atoms. The SMILES string of the molecule is Cc1c(Cl)cccc1NCCC(=O)N(C)c1ccccc1. The second kappa shape index (κ2) is 7.14. The third-order valence-corrected chi connectivity index (χ3v) is 3.85. The van der Waals surface area contributed by atoms with E-state index >= 15 is 0 Å². The van der Waals surface area contributed by atoms with Crippen molar-refractivity contribution in [1.82, 2.24) is 0 Å². The fourth-order valence-corrected chi connectivity index (χ4v) is 2.24. The van der Waals surface area contributed by atoms with E-state index in [9.17, 15) is 4.79 Å². The molecule has 0 atom stereocenters. The van der Waals surface area contributed by atoms with E-state index in [0.29, 0.717) is 13.0 Å². The molecule has 0 aliphatic heterocycles. The molecule has 0 aliphatic rings. The molecule has 110 valence electrons. The largest absolute Gasteiger partial charge is 0.384 e. The molecule has 21 heavy (non-hydrogen) atoms. The van der Waals surface area contributed by atoms with Crippen molar-refractivity contribution < 1.29 is 4.79 Å². The molecule has 2 aromatic rings. The molecule has 0 aromatic heterocycles. The van der Waals surface area contributed by atoms with Crippen LogP contribution in [0.4, 0.5) is 11.4 Å². The lowest BCUT2D eigenvalue weighted by atomic mass is 10.2. The van der Waals surface area contributed by atoms with E-state index < -0.39 is 0 Å². The van der Waals surface area contributed by atoms with Crippen LogP contribution in [-0.4, -0.2) is 19.5 Å². The summed E-state index contributed by atoms with van der Waals surface area (Å²) in [6.07, 6.45) is 0.428. The number of carbonyl (C=O) groups excluding carboxylic acids is 1. The summed E-state index contributed by atoms with van der Waals surface area (Å²) in [5.74, 6) is 0.0772. The maximum atomic E-state index is 12.1.